The van der Waals surface area contributed by atoms with Crippen LogP contribution in [-0.2, 0) is 0 Å². The second-order valence-electron chi connectivity index (χ2n) is 5.35. The van der Waals surface area contributed by atoms with Crippen molar-refractivity contribution in [2.24, 2.45) is 0 Å². The normalized spacial score (nSPS) is 10.8. The number of carbonyl (C=O) groups is 1. The molecule has 7 nitrogen and oxygen atoms in total. The van der Waals surface area contributed by atoms with Crippen molar-refractivity contribution in [3.8, 4) is 17.2 Å². The summed E-state index contributed by atoms with van der Waals surface area (Å²) in [6.45, 7) is 0. The molecule has 4 aromatic rings. The highest BCUT2D eigenvalue weighted by molar-refractivity contribution is 6.08. The van der Waals surface area contributed by atoms with E-state index in [2.05, 4.69) is 20.5 Å². The first-order valence-corrected chi connectivity index (χ1v) is 7.58. The number of aromatic amines is 1. The molecule has 124 valence electrons. The van der Waals surface area contributed by atoms with Gasteiger partial charge in [-0.2, -0.15) is 5.10 Å². The summed E-state index contributed by atoms with van der Waals surface area (Å²) in [5, 5.41) is 10.5. The van der Waals surface area contributed by atoms with E-state index >= 15 is 0 Å². The van der Waals surface area contributed by atoms with Crippen molar-refractivity contribution in [3.63, 3.8) is 0 Å². The van der Waals surface area contributed by atoms with Crippen LogP contribution < -0.4 is 10.1 Å². The minimum Gasteiger partial charge on any atom is -0.497 e. The van der Waals surface area contributed by atoms with Crippen LogP contribution in [-0.4, -0.2) is 28.2 Å². The average molecular weight is 334 g/mol. The Kier molecular flexibility index (Phi) is 3.66. The fourth-order valence-electron chi connectivity index (χ4n) is 2.56. The number of nitrogens with one attached hydrogen (secondary N) is 2. The molecule has 1 aromatic carbocycles. The first kappa shape index (κ1) is 14.9. The lowest BCUT2D eigenvalue weighted by molar-refractivity contribution is 0.102. The van der Waals surface area contributed by atoms with Gasteiger partial charge in [-0.25, -0.2) is 0 Å². The maximum Gasteiger partial charge on any atom is 0.276 e. The third-order valence-electron chi connectivity index (χ3n) is 3.76. The van der Waals surface area contributed by atoms with E-state index < -0.39 is 0 Å². The number of hydrogen-bond donors (Lipinski definition) is 2. The van der Waals surface area contributed by atoms with Crippen LogP contribution in [0.3, 0.4) is 0 Å². The number of methoxy groups -OCH3 is 1. The van der Waals surface area contributed by atoms with Gasteiger partial charge in [0.05, 0.1) is 24.6 Å². The Morgan fingerprint density at radius 2 is 2.16 bits per heavy atom. The van der Waals surface area contributed by atoms with Crippen LogP contribution in [0.5, 0.6) is 5.75 Å². The van der Waals surface area contributed by atoms with E-state index in [1.165, 1.54) is 0 Å². The highest BCUT2D eigenvalue weighted by atomic mass is 16.5. The summed E-state index contributed by atoms with van der Waals surface area (Å²) in [7, 11) is 1.58. The second kappa shape index (κ2) is 6.12. The molecule has 1 amide bonds. The van der Waals surface area contributed by atoms with E-state index in [0.29, 0.717) is 28.4 Å². The summed E-state index contributed by atoms with van der Waals surface area (Å²) in [5.74, 6) is 0.892. The lowest BCUT2D eigenvalue weighted by Crippen LogP contribution is -2.13. The second-order valence-corrected chi connectivity index (χ2v) is 5.35. The molecule has 0 saturated carbocycles. The Hall–Kier alpha value is -3.61. The van der Waals surface area contributed by atoms with Crippen molar-refractivity contribution >= 4 is 22.5 Å². The summed E-state index contributed by atoms with van der Waals surface area (Å²) in [6, 6.07) is 12.5. The predicted octanol–water partition coefficient (Wildman–Crippen LogP) is 3.48. The number of nitrogens with zero attached hydrogens (tertiary/aromatic N) is 2. The Labute approximate surface area is 142 Å². The monoisotopic (exact) mass is 334 g/mol. The minimum atomic E-state index is -0.353. The van der Waals surface area contributed by atoms with Gasteiger partial charge in [0.15, 0.2) is 11.5 Å². The van der Waals surface area contributed by atoms with Gasteiger partial charge >= 0.3 is 0 Å². The quantitative estimate of drug-likeness (QED) is 0.596. The molecule has 4 rings (SSSR count). The first-order chi connectivity index (χ1) is 12.2. The fourth-order valence-corrected chi connectivity index (χ4v) is 2.56. The molecule has 0 fully saturated rings. The van der Waals surface area contributed by atoms with Crippen LogP contribution >= 0.6 is 0 Å². The standard InChI is InChI=1S/C18H14N4O3/c1-24-12-8-11-4-2-6-19-17(11)14(9-12)20-18(23)15-10-13(21-22-15)16-5-3-7-25-16/h2-10H,1H3,(H,20,23)(H,21,22). The average Bonchev–Trinajstić information content (AvgIpc) is 3.32. The van der Waals surface area contributed by atoms with Gasteiger partial charge in [0, 0.05) is 23.7 Å². The van der Waals surface area contributed by atoms with E-state index in [-0.39, 0.29) is 11.6 Å². The molecule has 0 radical (unpaired) electrons. The van der Waals surface area contributed by atoms with E-state index in [4.69, 9.17) is 9.15 Å². The molecule has 0 bridgehead atoms. The Morgan fingerprint density at radius 1 is 1.24 bits per heavy atom. The largest absolute Gasteiger partial charge is 0.497 e. The SMILES string of the molecule is COc1cc(NC(=O)c2cc(-c3ccco3)[nH]n2)c2ncccc2c1. The van der Waals surface area contributed by atoms with Gasteiger partial charge in [-0.3, -0.25) is 14.9 Å². The topological polar surface area (TPSA) is 93.0 Å². The maximum atomic E-state index is 12.5. The van der Waals surface area contributed by atoms with Crippen LogP contribution in [0.4, 0.5) is 5.69 Å². The number of fused-ring (bicyclic) bond motifs is 1. The van der Waals surface area contributed by atoms with E-state index in [0.717, 1.165) is 5.39 Å². The molecule has 0 aliphatic heterocycles. The number of anilines is 1. The lowest BCUT2D eigenvalue weighted by Gasteiger charge is -2.09. The molecule has 0 aliphatic rings. The highest BCUT2D eigenvalue weighted by Crippen LogP contribution is 2.28. The maximum absolute atomic E-state index is 12.5. The molecule has 2 N–H and O–H groups in total. The first-order valence-electron chi connectivity index (χ1n) is 7.58. The van der Waals surface area contributed by atoms with E-state index in [9.17, 15) is 4.79 Å². The summed E-state index contributed by atoms with van der Waals surface area (Å²) in [4.78, 5) is 16.9. The van der Waals surface area contributed by atoms with Gasteiger partial charge in [-0.05, 0) is 24.3 Å². The number of aromatic nitrogens is 3. The van der Waals surface area contributed by atoms with Gasteiger partial charge in [-0.1, -0.05) is 6.07 Å². The number of ether oxygens (including phenoxy) is 1. The van der Waals surface area contributed by atoms with Crippen LogP contribution in [0.15, 0.2) is 59.3 Å². The zero-order valence-corrected chi connectivity index (χ0v) is 13.3. The van der Waals surface area contributed by atoms with Gasteiger partial charge < -0.3 is 14.5 Å². The Bertz CT molecular complexity index is 1040. The van der Waals surface area contributed by atoms with Crippen molar-refractivity contribution in [2.45, 2.75) is 0 Å². The third kappa shape index (κ3) is 2.83. The molecule has 3 aromatic heterocycles. The number of pyridine rings is 1. The van der Waals surface area contributed by atoms with Gasteiger partial charge in [0.1, 0.15) is 11.4 Å². The molecule has 0 saturated heterocycles. The van der Waals surface area contributed by atoms with Crippen LogP contribution in [0, 0.1) is 0 Å². The van der Waals surface area contributed by atoms with Crippen molar-refractivity contribution < 1.29 is 13.9 Å². The summed E-state index contributed by atoms with van der Waals surface area (Å²) < 4.78 is 10.6. The summed E-state index contributed by atoms with van der Waals surface area (Å²) in [6.07, 6.45) is 3.23. The Morgan fingerprint density at radius 3 is 2.96 bits per heavy atom. The summed E-state index contributed by atoms with van der Waals surface area (Å²) in [5.41, 5.74) is 2.11. The number of carbonyl (C=O) groups excluding carboxylic acids is 1. The molecule has 0 spiro atoms. The number of benzene rings is 1. The number of rotatable bonds is 4. The molecule has 3 heterocycles. The van der Waals surface area contributed by atoms with Crippen molar-refractivity contribution in [3.05, 3.63) is 60.6 Å². The number of H-pyrrole nitrogens is 1. The molecule has 0 aliphatic carbocycles. The number of amides is 1. The summed E-state index contributed by atoms with van der Waals surface area (Å²) >= 11 is 0. The molecule has 25 heavy (non-hydrogen) atoms. The Balaban J connectivity index is 1.66. The molecule has 0 atom stereocenters. The van der Waals surface area contributed by atoms with Crippen molar-refractivity contribution in [1.29, 1.82) is 0 Å². The van der Waals surface area contributed by atoms with Gasteiger partial charge in [-0.15, -0.1) is 0 Å². The van der Waals surface area contributed by atoms with Crippen molar-refractivity contribution in [1.82, 2.24) is 15.2 Å². The number of hydrogen-bond acceptors (Lipinski definition) is 5. The molecule has 7 heteroatoms. The molecular weight excluding hydrogens is 320 g/mol. The molecular formula is C18H14N4O3. The fraction of sp³-hybridized carbons (Fsp3) is 0.0556. The third-order valence-corrected chi connectivity index (χ3v) is 3.76. The van der Waals surface area contributed by atoms with E-state index in [1.54, 1.807) is 43.8 Å². The van der Waals surface area contributed by atoms with Gasteiger partial charge in [0.25, 0.3) is 5.91 Å². The van der Waals surface area contributed by atoms with Crippen LogP contribution in [0.25, 0.3) is 22.4 Å². The smallest absolute Gasteiger partial charge is 0.276 e. The van der Waals surface area contributed by atoms with Crippen LogP contribution in [0.1, 0.15) is 10.5 Å². The lowest BCUT2D eigenvalue weighted by atomic mass is 10.1. The minimum absolute atomic E-state index is 0.248. The predicted molar refractivity (Wildman–Crippen MR) is 92.5 cm³/mol. The van der Waals surface area contributed by atoms with Crippen LogP contribution in [0.2, 0.25) is 0 Å². The zero-order valence-electron chi connectivity index (χ0n) is 13.3. The van der Waals surface area contributed by atoms with Gasteiger partial charge in [0.2, 0.25) is 0 Å². The molecule has 0 unspecified atom stereocenters. The van der Waals surface area contributed by atoms with Crippen molar-refractivity contribution in [2.75, 3.05) is 12.4 Å². The zero-order chi connectivity index (χ0) is 17.2. The highest BCUT2D eigenvalue weighted by Gasteiger charge is 2.15. The number of furan rings is 1. The van der Waals surface area contributed by atoms with E-state index in [1.807, 2.05) is 18.2 Å².